The monoisotopic (exact) mass is 386 g/mol. The fourth-order valence-corrected chi connectivity index (χ4v) is 2.77. The number of carboxylic acid groups (broad SMARTS) is 1. The van der Waals surface area contributed by atoms with Gasteiger partial charge in [-0.1, -0.05) is 13.0 Å². The minimum Gasteiger partial charge on any atom is -0.475 e. The molecule has 0 saturated heterocycles. The van der Waals surface area contributed by atoms with E-state index in [0.717, 1.165) is 49.4 Å². The Morgan fingerprint density at radius 1 is 1.30 bits per heavy atom. The van der Waals surface area contributed by atoms with Crippen molar-refractivity contribution in [2.75, 3.05) is 0 Å². The van der Waals surface area contributed by atoms with E-state index in [1.54, 1.807) is 6.07 Å². The standard InChI is InChI=1S/C16H20N2O2.C2HF3O2/c1-2-13-5-6-14(20-13)10-17-12-4-7-15-11(9-12)3-8-16(19)18-15;3-2(4,5)1(6)7/h3,5-6,8,12,17H,2,4,7,9-10H2,1H3,(H,18,19);(H,6,7). The van der Waals surface area contributed by atoms with Crippen molar-refractivity contribution in [1.29, 1.82) is 0 Å². The molecular formula is C18H21F3N2O4. The van der Waals surface area contributed by atoms with Crippen LogP contribution in [0.25, 0.3) is 0 Å². The number of aliphatic carboxylic acids is 1. The molecule has 3 N–H and O–H groups in total. The average molecular weight is 386 g/mol. The third kappa shape index (κ3) is 6.28. The van der Waals surface area contributed by atoms with Crippen LogP contribution in [0.2, 0.25) is 0 Å². The minimum absolute atomic E-state index is 0.00200. The van der Waals surface area contributed by atoms with Gasteiger partial charge in [0, 0.05) is 24.2 Å². The maximum absolute atomic E-state index is 11.3. The van der Waals surface area contributed by atoms with Crippen LogP contribution in [-0.4, -0.2) is 28.3 Å². The minimum atomic E-state index is -5.08. The van der Waals surface area contributed by atoms with E-state index in [1.165, 1.54) is 5.56 Å². The van der Waals surface area contributed by atoms with Gasteiger partial charge < -0.3 is 19.8 Å². The molecule has 2 aromatic heterocycles. The van der Waals surface area contributed by atoms with Crippen LogP contribution in [0.15, 0.2) is 33.5 Å². The molecular weight excluding hydrogens is 365 g/mol. The van der Waals surface area contributed by atoms with Gasteiger partial charge in [-0.2, -0.15) is 13.2 Å². The maximum Gasteiger partial charge on any atom is 0.490 e. The molecule has 27 heavy (non-hydrogen) atoms. The third-order valence-corrected chi connectivity index (χ3v) is 4.18. The lowest BCUT2D eigenvalue weighted by molar-refractivity contribution is -0.192. The number of nitrogens with one attached hydrogen (secondary N) is 2. The molecule has 1 aliphatic rings. The number of halogens is 3. The first-order valence-corrected chi connectivity index (χ1v) is 8.51. The Hall–Kier alpha value is -2.55. The van der Waals surface area contributed by atoms with Gasteiger partial charge in [-0.15, -0.1) is 0 Å². The second kappa shape index (κ2) is 8.90. The van der Waals surface area contributed by atoms with E-state index in [4.69, 9.17) is 14.3 Å². The van der Waals surface area contributed by atoms with Crippen LogP contribution >= 0.6 is 0 Å². The highest BCUT2D eigenvalue weighted by Gasteiger charge is 2.38. The summed E-state index contributed by atoms with van der Waals surface area (Å²) in [6, 6.07) is 8.09. The van der Waals surface area contributed by atoms with Gasteiger partial charge in [0.25, 0.3) is 0 Å². The van der Waals surface area contributed by atoms with Crippen LogP contribution in [0.5, 0.6) is 0 Å². The van der Waals surface area contributed by atoms with Crippen LogP contribution in [0.1, 0.15) is 36.1 Å². The van der Waals surface area contributed by atoms with E-state index in [9.17, 15) is 18.0 Å². The highest BCUT2D eigenvalue weighted by Crippen LogP contribution is 2.19. The molecule has 3 rings (SSSR count). The molecule has 0 saturated carbocycles. The van der Waals surface area contributed by atoms with Gasteiger partial charge in [0.2, 0.25) is 5.56 Å². The molecule has 148 valence electrons. The zero-order valence-corrected chi connectivity index (χ0v) is 14.7. The molecule has 1 atom stereocenters. The van der Waals surface area contributed by atoms with Crippen LogP contribution in [-0.2, 0) is 30.6 Å². The van der Waals surface area contributed by atoms with Gasteiger partial charge >= 0.3 is 12.1 Å². The second-order valence-corrected chi connectivity index (χ2v) is 6.17. The number of furan rings is 1. The van der Waals surface area contributed by atoms with E-state index >= 15 is 0 Å². The van der Waals surface area contributed by atoms with Gasteiger partial charge in [0.1, 0.15) is 11.5 Å². The number of aryl methyl sites for hydroxylation is 2. The van der Waals surface area contributed by atoms with Gasteiger partial charge in [-0.25, -0.2) is 4.79 Å². The average Bonchev–Trinajstić information content (AvgIpc) is 3.07. The van der Waals surface area contributed by atoms with E-state index in [0.29, 0.717) is 6.04 Å². The molecule has 0 fully saturated rings. The molecule has 0 spiro atoms. The summed E-state index contributed by atoms with van der Waals surface area (Å²) in [6.07, 6.45) is -1.20. The lowest BCUT2D eigenvalue weighted by Crippen LogP contribution is -2.35. The summed E-state index contributed by atoms with van der Waals surface area (Å²) < 4.78 is 37.4. The van der Waals surface area contributed by atoms with Gasteiger partial charge in [-0.05, 0) is 37.0 Å². The number of aromatic amines is 1. The number of alkyl halides is 3. The molecule has 1 aliphatic carbocycles. The Labute approximate surface area is 153 Å². The Kier molecular flexibility index (Phi) is 6.84. The predicted octanol–water partition coefficient (Wildman–Crippen LogP) is 2.81. The first-order valence-electron chi connectivity index (χ1n) is 8.51. The SMILES string of the molecule is CCc1ccc(CNC2CCc3[nH]c(=O)ccc3C2)o1.O=C(O)C(F)(F)F. The number of carboxylic acids is 1. The first kappa shape index (κ1) is 20.8. The molecule has 0 amide bonds. The number of rotatable bonds is 4. The molecule has 0 bridgehead atoms. The molecule has 2 heterocycles. The van der Waals surface area contributed by atoms with Crippen molar-refractivity contribution < 1.29 is 27.5 Å². The Bertz CT molecular complexity index is 826. The number of aromatic nitrogens is 1. The zero-order valence-electron chi connectivity index (χ0n) is 14.7. The van der Waals surface area contributed by atoms with Crippen molar-refractivity contribution in [2.45, 2.75) is 51.4 Å². The van der Waals surface area contributed by atoms with Crippen LogP contribution in [0.4, 0.5) is 13.2 Å². The Morgan fingerprint density at radius 2 is 1.96 bits per heavy atom. The van der Waals surface area contributed by atoms with Crippen molar-refractivity contribution in [3.8, 4) is 0 Å². The van der Waals surface area contributed by atoms with E-state index in [1.807, 2.05) is 18.2 Å². The summed E-state index contributed by atoms with van der Waals surface area (Å²) >= 11 is 0. The van der Waals surface area contributed by atoms with Gasteiger partial charge in [-0.3, -0.25) is 4.79 Å². The number of fused-ring (bicyclic) bond motifs is 1. The fraction of sp³-hybridized carbons (Fsp3) is 0.444. The van der Waals surface area contributed by atoms with Crippen molar-refractivity contribution >= 4 is 5.97 Å². The Morgan fingerprint density at radius 3 is 2.56 bits per heavy atom. The van der Waals surface area contributed by atoms with E-state index in [2.05, 4.69) is 17.2 Å². The molecule has 0 aliphatic heterocycles. The zero-order chi connectivity index (χ0) is 20.0. The molecule has 1 unspecified atom stereocenters. The number of carbonyl (C=O) groups is 1. The third-order valence-electron chi connectivity index (χ3n) is 4.18. The summed E-state index contributed by atoms with van der Waals surface area (Å²) in [5, 5.41) is 10.7. The topological polar surface area (TPSA) is 95.3 Å². The van der Waals surface area contributed by atoms with Gasteiger partial charge in [0.05, 0.1) is 6.54 Å². The van der Waals surface area contributed by atoms with Crippen molar-refractivity contribution in [3.05, 3.63) is 57.4 Å². The first-order chi connectivity index (χ1) is 12.7. The van der Waals surface area contributed by atoms with Crippen molar-refractivity contribution in [1.82, 2.24) is 10.3 Å². The maximum atomic E-state index is 11.3. The molecule has 2 aromatic rings. The highest BCUT2D eigenvalue weighted by atomic mass is 19.4. The lowest BCUT2D eigenvalue weighted by atomic mass is 9.92. The van der Waals surface area contributed by atoms with Crippen LogP contribution < -0.4 is 10.9 Å². The Balaban J connectivity index is 0.000000321. The summed E-state index contributed by atoms with van der Waals surface area (Å²) in [4.78, 5) is 23.1. The van der Waals surface area contributed by atoms with E-state index < -0.39 is 12.1 Å². The number of H-pyrrole nitrogens is 1. The smallest absolute Gasteiger partial charge is 0.475 e. The van der Waals surface area contributed by atoms with Crippen molar-refractivity contribution in [2.24, 2.45) is 0 Å². The largest absolute Gasteiger partial charge is 0.490 e. The van der Waals surface area contributed by atoms with Gasteiger partial charge in [0.15, 0.2) is 0 Å². The molecule has 0 aromatic carbocycles. The molecule has 9 heteroatoms. The summed E-state index contributed by atoms with van der Waals surface area (Å²) in [5.74, 6) is -0.727. The highest BCUT2D eigenvalue weighted by molar-refractivity contribution is 5.73. The predicted molar refractivity (Wildman–Crippen MR) is 91.5 cm³/mol. The number of pyridine rings is 1. The normalized spacial score (nSPS) is 16.2. The fourth-order valence-electron chi connectivity index (χ4n) is 2.77. The number of hydrogen-bond donors (Lipinski definition) is 3. The summed E-state index contributed by atoms with van der Waals surface area (Å²) in [6.45, 7) is 2.86. The van der Waals surface area contributed by atoms with E-state index in [-0.39, 0.29) is 5.56 Å². The number of hydrogen-bond acceptors (Lipinski definition) is 4. The lowest BCUT2D eigenvalue weighted by Gasteiger charge is -2.24. The van der Waals surface area contributed by atoms with Crippen LogP contribution in [0, 0.1) is 0 Å². The van der Waals surface area contributed by atoms with Crippen LogP contribution in [0.3, 0.4) is 0 Å². The van der Waals surface area contributed by atoms with Crippen molar-refractivity contribution in [3.63, 3.8) is 0 Å². The molecule has 0 radical (unpaired) electrons. The molecule has 6 nitrogen and oxygen atoms in total. The second-order valence-electron chi connectivity index (χ2n) is 6.17. The summed E-state index contributed by atoms with van der Waals surface area (Å²) in [7, 11) is 0. The quantitative estimate of drug-likeness (QED) is 0.751. The summed E-state index contributed by atoms with van der Waals surface area (Å²) in [5.41, 5.74) is 2.35.